The average molecular weight is 357 g/mol. The van der Waals surface area contributed by atoms with Crippen LogP contribution in [-0.4, -0.2) is 23.4 Å². The summed E-state index contributed by atoms with van der Waals surface area (Å²) < 4.78 is 10.8. The van der Waals surface area contributed by atoms with Crippen LogP contribution in [0.15, 0.2) is 47.4 Å². The number of fused-ring (bicyclic) bond motifs is 1. The lowest BCUT2D eigenvalue weighted by molar-refractivity contribution is 0.0526. The van der Waals surface area contributed by atoms with Crippen LogP contribution in [0.1, 0.15) is 41.5 Å². The third-order valence-electron chi connectivity index (χ3n) is 3.57. The van der Waals surface area contributed by atoms with Gasteiger partial charge in [0.15, 0.2) is 4.93 Å². The van der Waals surface area contributed by atoms with Gasteiger partial charge >= 0.3 is 5.97 Å². The third kappa shape index (κ3) is 3.96. The number of esters is 1. The van der Waals surface area contributed by atoms with Crippen molar-refractivity contribution in [3.8, 4) is 5.75 Å². The Kier molecular flexibility index (Phi) is 4.72. The number of nitrogens with one attached hydrogen (secondary N) is 1. The van der Waals surface area contributed by atoms with E-state index in [1.54, 1.807) is 55.1 Å². The van der Waals surface area contributed by atoms with Crippen LogP contribution in [-0.2, 0) is 4.74 Å². The maximum absolute atomic E-state index is 12.4. The Morgan fingerprint density at radius 3 is 2.48 bits per heavy atom. The molecule has 0 aromatic heterocycles. The molecule has 1 aliphatic rings. The first kappa shape index (κ1) is 17.4. The van der Waals surface area contributed by atoms with E-state index in [0.29, 0.717) is 23.4 Å². The van der Waals surface area contributed by atoms with Crippen LogP contribution in [0.5, 0.6) is 5.75 Å². The number of anilines is 1. The highest BCUT2D eigenvalue weighted by Gasteiger charge is 2.31. The summed E-state index contributed by atoms with van der Waals surface area (Å²) in [6.07, 6.45) is 0. The van der Waals surface area contributed by atoms with Gasteiger partial charge in [0, 0.05) is 11.3 Å². The van der Waals surface area contributed by atoms with Gasteiger partial charge in [0.05, 0.1) is 17.1 Å². The zero-order valence-electron chi connectivity index (χ0n) is 14.3. The highest BCUT2D eigenvalue weighted by atomic mass is 32.2. The molecule has 0 unspecified atom stereocenters. The average Bonchev–Trinajstić information content (AvgIpc) is 2.88. The zero-order valence-corrected chi connectivity index (χ0v) is 15.1. The van der Waals surface area contributed by atoms with Gasteiger partial charge in [-0.25, -0.2) is 4.79 Å². The summed E-state index contributed by atoms with van der Waals surface area (Å²) in [4.78, 5) is 24.8. The van der Waals surface area contributed by atoms with E-state index in [4.69, 9.17) is 9.47 Å². The summed E-state index contributed by atoms with van der Waals surface area (Å²) in [5, 5.41) is 2.81. The second-order valence-corrected chi connectivity index (χ2v) is 7.64. The lowest BCUT2D eigenvalue weighted by Gasteiger charge is -2.15. The normalized spacial score (nSPS) is 14.4. The molecule has 25 heavy (non-hydrogen) atoms. The van der Waals surface area contributed by atoms with Gasteiger partial charge in [0.2, 0.25) is 0 Å². The van der Waals surface area contributed by atoms with Crippen LogP contribution in [0.25, 0.3) is 0 Å². The number of thioether (sulfide) groups is 1. The molecule has 0 saturated heterocycles. The molecule has 0 spiro atoms. The molecule has 1 amide bonds. The topological polar surface area (TPSA) is 64.6 Å². The van der Waals surface area contributed by atoms with Gasteiger partial charge in [-0.15, -0.1) is 0 Å². The van der Waals surface area contributed by atoms with Crippen molar-refractivity contribution < 1.29 is 19.1 Å². The Bertz CT molecular complexity index is 815. The molecule has 0 bridgehead atoms. The zero-order chi connectivity index (χ0) is 18.0. The summed E-state index contributed by atoms with van der Waals surface area (Å²) >= 11 is 1.63. The smallest absolute Gasteiger partial charge is 0.338 e. The van der Waals surface area contributed by atoms with Crippen molar-refractivity contribution in [2.24, 2.45) is 0 Å². The number of hydrogen-bond donors (Lipinski definition) is 1. The minimum atomic E-state index is -0.378. The molecule has 1 aliphatic heterocycles. The first-order chi connectivity index (χ1) is 11.9. The molecule has 130 valence electrons. The van der Waals surface area contributed by atoms with Crippen molar-refractivity contribution >= 4 is 29.3 Å². The fraction of sp³-hybridized carbons (Fsp3) is 0.263. The molecular weight excluding hydrogens is 338 g/mol. The van der Waals surface area contributed by atoms with E-state index in [2.05, 4.69) is 5.32 Å². The molecule has 0 saturated carbocycles. The van der Waals surface area contributed by atoms with Crippen LogP contribution in [0.3, 0.4) is 0 Å². The quantitative estimate of drug-likeness (QED) is 0.825. The first-order valence-corrected chi connectivity index (χ1v) is 8.80. The standard InChI is InChI=1S/C19H19NO4S/c1-4-23-18(22)12-5-8-14(9-6-12)20-17(21)13-7-10-16-15(11-13)24-19(2,3)25-16/h5-11H,4H2,1-3H3,(H,20,21). The Morgan fingerprint density at radius 1 is 1.12 bits per heavy atom. The van der Waals surface area contributed by atoms with Crippen LogP contribution in [0.2, 0.25) is 0 Å². The molecular formula is C19H19NO4S. The highest BCUT2D eigenvalue weighted by molar-refractivity contribution is 8.00. The highest BCUT2D eigenvalue weighted by Crippen LogP contribution is 2.47. The SMILES string of the molecule is CCOC(=O)c1ccc(NC(=O)c2ccc3c(c2)OC(C)(C)S3)cc1. The van der Waals surface area contributed by atoms with Crippen molar-refractivity contribution in [2.45, 2.75) is 30.6 Å². The van der Waals surface area contributed by atoms with Crippen LogP contribution in [0.4, 0.5) is 5.69 Å². The van der Waals surface area contributed by atoms with Gasteiger partial charge in [0.1, 0.15) is 5.75 Å². The Hall–Kier alpha value is -2.47. The van der Waals surface area contributed by atoms with Crippen molar-refractivity contribution in [3.63, 3.8) is 0 Å². The molecule has 0 atom stereocenters. The maximum atomic E-state index is 12.4. The number of hydrogen-bond acceptors (Lipinski definition) is 5. The van der Waals surface area contributed by atoms with Gasteiger partial charge in [-0.2, -0.15) is 0 Å². The van der Waals surface area contributed by atoms with Gasteiger partial charge in [0.25, 0.3) is 5.91 Å². The number of ether oxygens (including phenoxy) is 2. The van der Waals surface area contributed by atoms with E-state index in [1.807, 2.05) is 19.9 Å². The number of rotatable bonds is 4. The largest absolute Gasteiger partial charge is 0.476 e. The summed E-state index contributed by atoms with van der Waals surface area (Å²) in [5.74, 6) is 0.113. The van der Waals surface area contributed by atoms with Crippen LogP contribution in [0, 0.1) is 0 Å². The summed E-state index contributed by atoms with van der Waals surface area (Å²) in [5.41, 5.74) is 1.57. The Labute approximate surface area is 150 Å². The second-order valence-electron chi connectivity index (χ2n) is 6.02. The van der Waals surface area contributed by atoms with Crippen molar-refractivity contribution in [1.29, 1.82) is 0 Å². The molecule has 3 rings (SSSR count). The maximum Gasteiger partial charge on any atom is 0.338 e. The lowest BCUT2D eigenvalue weighted by Crippen LogP contribution is -2.18. The predicted octanol–water partition coefficient (Wildman–Crippen LogP) is 4.34. The Morgan fingerprint density at radius 2 is 1.80 bits per heavy atom. The van der Waals surface area contributed by atoms with Crippen molar-refractivity contribution in [2.75, 3.05) is 11.9 Å². The van der Waals surface area contributed by atoms with E-state index >= 15 is 0 Å². The fourth-order valence-corrected chi connectivity index (χ4v) is 3.47. The van der Waals surface area contributed by atoms with Crippen molar-refractivity contribution in [3.05, 3.63) is 53.6 Å². The van der Waals surface area contributed by atoms with Gasteiger partial charge in [-0.3, -0.25) is 4.79 Å². The first-order valence-electron chi connectivity index (χ1n) is 7.98. The number of benzene rings is 2. The van der Waals surface area contributed by atoms with E-state index in [1.165, 1.54) is 0 Å². The number of carbonyl (C=O) groups excluding carboxylic acids is 2. The van der Waals surface area contributed by atoms with Gasteiger partial charge in [-0.1, -0.05) is 11.8 Å². The monoisotopic (exact) mass is 357 g/mol. The van der Waals surface area contributed by atoms with E-state index in [9.17, 15) is 9.59 Å². The van der Waals surface area contributed by atoms with E-state index in [0.717, 1.165) is 10.6 Å². The van der Waals surface area contributed by atoms with E-state index in [-0.39, 0.29) is 16.8 Å². The minimum absolute atomic E-state index is 0.231. The molecule has 2 aromatic carbocycles. The Balaban J connectivity index is 1.70. The van der Waals surface area contributed by atoms with Crippen LogP contribution < -0.4 is 10.1 Å². The molecule has 1 N–H and O–H groups in total. The predicted molar refractivity (Wildman–Crippen MR) is 97.4 cm³/mol. The molecule has 0 fully saturated rings. The van der Waals surface area contributed by atoms with Gasteiger partial charge < -0.3 is 14.8 Å². The summed E-state index contributed by atoms with van der Waals surface area (Å²) in [6, 6.07) is 12.0. The summed E-state index contributed by atoms with van der Waals surface area (Å²) in [6.45, 7) is 6.06. The fourth-order valence-electron chi connectivity index (χ4n) is 2.47. The van der Waals surface area contributed by atoms with Gasteiger partial charge in [-0.05, 0) is 63.2 Å². The second kappa shape index (κ2) is 6.80. The lowest BCUT2D eigenvalue weighted by atomic mass is 10.1. The van der Waals surface area contributed by atoms with E-state index < -0.39 is 0 Å². The third-order valence-corrected chi connectivity index (χ3v) is 4.70. The molecule has 0 radical (unpaired) electrons. The molecule has 5 nitrogen and oxygen atoms in total. The molecule has 1 heterocycles. The molecule has 0 aliphatic carbocycles. The summed E-state index contributed by atoms with van der Waals surface area (Å²) in [7, 11) is 0. The number of amides is 1. The minimum Gasteiger partial charge on any atom is -0.476 e. The molecule has 6 heteroatoms. The van der Waals surface area contributed by atoms with Crippen LogP contribution >= 0.6 is 11.8 Å². The number of carbonyl (C=O) groups is 2. The molecule has 2 aromatic rings. The van der Waals surface area contributed by atoms with Crippen molar-refractivity contribution in [1.82, 2.24) is 0 Å².